The third-order valence-corrected chi connectivity index (χ3v) is 1.24. The van der Waals surface area contributed by atoms with Crippen molar-refractivity contribution in [3.05, 3.63) is 12.0 Å². The van der Waals surface area contributed by atoms with Gasteiger partial charge in [-0.15, -0.1) is 10.2 Å². The van der Waals surface area contributed by atoms with Crippen molar-refractivity contribution in [3.63, 3.8) is 0 Å². The van der Waals surface area contributed by atoms with E-state index in [1.54, 1.807) is 0 Å². The minimum Gasteiger partial charge on any atom is -0.486 e. The smallest absolute Gasteiger partial charge is 0.206 e. The fourth-order valence-electron chi connectivity index (χ4n) is 0.837. The zero-order valence-electron chi connectivity index (χ0n) is 11.4. The molecule has 0 aliphatic carbocycles. The van der Waals surface area contributed by atoms with Gasteiger partial charge in [0.15, 0.2) is 5.76 Å². The minimum atomic E-state index is -4.94. The zero-order valence-corrected chi connectivity index (χ0v) is 12.1. The fraction of sp³-hybridized carbons (Fsp3) is 0.700. The first kappa shape index (κ1) is 19.5. The highest BCUT2D eigenvalue weighted by Crippen LogP contribution is 1.96. The predicted molar refractivity (Wildman–Crippen MR) is 56.2 cm³/mol. The van der Waals surface area contributed by atoms with E-state index in [9.17, 15) is 0 Å². The average Bonchev–Trinajstić information content (AvgIpc) is 2.09. The molecule has 0 saturated heterocycles. The molecule has 0 aromatic heterocycles. The SMILES string of the molecule is CCCOC(=CN(C)C)C=[N+](C)C.[O-][Cl+3]([O-])([O-])[O-]. The van der Waals surface area contributed by atoms with E-state index in [4.69, 9.17) is 23.4 Å². The molecule has 0 radical (unpaired) electrons. The minimum absolute atomic E-state index is 0.768. The quantitative estimate of drug-likeness (QED) is 0.293. The van der Waals surface area contributed by atoms with Gasteiger partial charge in [-0.2, -0.15) is 0 Å². The highest BCUT2D eigenvalue weighted by atomic mass is 35.7. The molecule has 8 heteroatoms. The third kappa shape index (κ3) is 24.4. The van der Waals surface area contributed by atoms with Gasteiger partial charge in [-0.05, 0) is 6.42 Å². The van der Waals surface area contributed by atoms with Crippen LogP contribution in [-0.2, 0) is 4.74 Å². The summed E-state index contributed by atoms with van der Waals surface area (Å²) in [6.07, 6.45) is 4.97. The molecule has 0 atom stereocenters. The molecule has 0 bridgehead atoms. The Kier molecular flexibility index (Phi) is 10.9. The van der Waals surface area contributed by atoms with E-state index in [-0.39, 0.29) is 0 Å². The van der Waals surface area contributed by atoms with Gasteiger partial charge in [0.1, 0.15) is 14.1 Å². The average molecular weight is 285 g/mol. The number of allylic oxidation sites excluding steroid dienone is 1. The van der Waals surface area contributed by atoms with E-state index in [1.165, 1.54) is 0 Å². The third-order valence-electron chi connectivity index (χ3n) is 1.24. The van der Waals surface area contributed by atoms with Gasteiger partial charge in [0, 0.05) is 20.3 Å². The molecule has 0 aliphatic rings. The maximum atomic E-state index is 8.49. The van der Waals surface area contributed by atoms with Crippen LogP contribution >= 0.6 is 0 Å². The summed E-state index contributed by atoms with van der Waals surface area (Å²) in [6.45, 7) is 2.87. The molecule has 0 heterocycles. The molecule has 0 aromatic rings. The van der Waals surface area contributed by atoms with Gasteiger partial charge >= 0.3 is 0 Å². The van der Waals surface area contributed by atoms with Crippen LogP contribution in [0.2, 0.25) is 0 Å². The number of halogens is 1. The molecular formula is C10H21ClN2O5. The Morgan fingerprint density at radius 1 is 1.22 bits per heavy atom. The number of hydrogen-bond donors (Lipinski definition) is 0. The lowest BCUT2D eigenvalue weighted by molar-refractivity contribution is -2.00. The summed E-state index contributed by atoms with van der Waals surface area (Å²) >= 11 is 0. The summed E-state index contributed by atoms with van der Waals surface area (Å²) < 4.78 is 41.5. The van der Waals surface area contributed by atoms with E-state index >= 15 is 0 Å². The number of rotatable bonds is 5. The number of ether oxygens (including phenoxy) is 1. The van der Waals surface area contributed by atoms with Crippen molar-refractivity contribution in [1.82, 2.24) is 4.90 Å². The standard InChI is InChI=1S/C10H21N2O.ClHO4/c1-6-7-13-10(8-11(2)3)9-12(4)5;2-1(3,4)5/h8-9H,6-7H2,1-5H3;(H,2,3,4,5)/q+1;/p-1. The molecule has 7 nitrogen and oxygen atoms in total. The Labute approximate surface area is 110 Å². The van der Waals surface area contributed by atoms with Crippen molar-refractivity contribution in [2.75, 3.05) is 34.8 Å². The van der Waals surface area contributed by atoms with Gasteiger partial charge in [-0.3, -0.25) is 0 Å². The van der Waals surface area contributed by atoms with Gasteiger partial charge in [-0.1, -0.05) is 6.92 Å². The highest BCUT2D eigenvalue weighted by Gasteiger charge is 1.99. The second-order valence-electron chi connectivity index (χ2n) is 3.81. The molecule has 0 spiro atoms. The maximum absolute atomic E-state index is 8.49. The molecule has 0 saturated carbocycles. The summed E-state index contributed by atoms with van der Waals surface area (Å²) in [5.74, 6) is 0.900. The van der Waals surface area contributed by atoms with Crippen LogP contribution in [0, 0.1) is 10.2 Å². The van der Waals surface area contributed by atoms with Crippen molar-refractivity contribution in [2.24, 2.45) is 0 Å². The molecule has 18 heavy (non-hydrogen) atoms. The predicted octanol–water partition coefficient (Wildman–Crippen LogP) is -3.60. The largest absolute Gasteiger partial charge is 0.486 e. The molecular weight excluding hydrogens is 264 g/mol. The summed E-state index contributed by atoms with van der Waals surface area (Å²) in [5, 5.41) is 0. The summed E-state index contributed by atoms with van der Waals surface area (Å²) in [7, 11) is 3.00. The van der Waals surface area contributed by atoms with Gasteiger partial charge in [0.05, 0.1) is 6.61 Å². The molecule has 0 rings (SSSR count). The first-order valence-electron chi connectivity index (χ1n) is 5.20. The number of hydrogen-bond acceptors (Lipinski definition) is 6. The van der Waals surface area contributed by atoms with Crippen LogP contribution < -0.4 is 18.6 Å². The summed E-state index contributed by atoms with van der Waals surface area (Å²) in [4.78, 5) is 1.98. The first-order chi connectivity index (χ1) is 8.06. The van der Waals surface area contributed by atoms with Crippen LogP contribution in [0.3, 0.4) is 0 Å². The van der Waals surface area contributed by atoms with Gasteiger partial charge in [-0.25, -0.2) is 23.2 Å². The van der Waals surface area contributed by atoms with Crippen molar-refractivity contribution in [1.29, 1.82) is 0 Å². The van der Waals surface area contributed by atoms with Crippen LogP contribution in [-0.4, -0.2) is 50.5 Å². The first-order valence-corrected chi connectivity index (χ1v) is 6.43. The zero-order chi connectivity index (χ0) is 14.8. The lowest BCUT2D eigenvalue weighted by Crippen LogP contribution is -2.68. The van der Waals surface area contributed by atoms with E-state index < -0.39 is 10.2 Å². The monoisotopic (exact) mass is 284 g/mol. The summed E-state index contributed by atoms with van der Waals surface area (Å²) in [5.41, 5.74) is 0. The van der Waals surface area contributed by atoms with E-state index in [1.807, 2.05) is 50.1 Å². The van der Waals surface area contributed by atoms with Gasteiger partial charge < -0.3 is 9.64 Å². The molecule has 0 N–H and O–H groups in total. The van der Waals surface area contributed by atoms with Crippen LogP contribution in [0.1, 0.15) is 13.3 Å². The van der Waals surface area contributed by atoms with Crippen molar-refractivity contribution in [2.45, 2.75) is 13.3 Å². The Hall–Kier alpha value is -0.860. The second kappa shape index (κ2) is 10.1. The van der Waals surface area contributed by atoms with Gasteiger partial charge in [0.2, 0.25) is 6.21 Å². The van der Waals surface area contributed by atoms with Crippen molar-refractivity contribution < 1.29 is 38.2 Å². The Bertz CT molecular complexity index is 264. The van der Waals surface area contributed by atoms with E-state index in [2.05, 4.69) is 6.92 Å². The number of nitrogens with zero attached hydrogens (tertiary/aromatic N) is 2. The molecule has 0 fully saturated rings. The van der Waals surface area contributed by atoms with Crippen molar-refractivity contribution in [3.8, 4) is 0 Å². The fourth-order valence-corrected chi connectivity index (χ4v) is 0.837. The molecule has 108 valence electrons. The second-order valence-corrected chi connectivity index (χ2v) is 4.57. The Morgan fingerprint density at radius 3 is 1.94 bits per heavy atom. The molecule has 0 aliphatic heterocycles. The lowest BCUT2D eigenvalue weighted by Gasteiger charge is -2.17. The molecule has 0 amide bonds. The normalized spacial score (nSPS) is 11.3. The van der Waals surface area contributed by atoms with Crippen LogP contribution in [0.15, 0.2) is 12.0 Å². The highest BCUT2D eigenvalue weighted by molar-refractivity contribution is 5.71. The lowest BCUT2D eigenvalue weighted by atomic mass is 10.5. The van der Waals surface area contributed by atoms with Crippen LogP contribution in [0.4, 0.5) is 0 Å². The van der Waals surface area contributed by atoms with E-state index in [0.29, 0.717) is 0 Å². The topological polar surface area (TPSA) is 108 Å². The van der Waals surface area contributed by atoms with Crippen LogP contribution in [0.5, 0.6) is 0 Å². The van der Waals surface area contributed by atoms with Crippen LogP contribution in [0.25, 0.3) is 0 Å². The van der Waals surface area contributed by atoms with E-state index in [0.717, 1.165) is 18.8 Å². The van der Waals surface area contributed by atoms with Gasteiger partial charge in [0.25, 0.3) is 0 Å². The molecule has 0 unspecified atom stereocenters. The Morgan fingerprint density at radius 2 is 1.67 bits per heavy atom. The molecule has 0 aromatic carbocycles. The Balaban J connectivity index is 0. The summed E-state index contributed by atoms with van der Waals surface area (Å²) in [6, 6.07) is 0. The van der Waals surface area contributed by atoms with Crippen molar-refractivity contribution >= 4 is 6.21 Å². The maximum Gasteiger partial charge on any atom is 0.206 e.